The number of nitrogens with zero attached hydrogens (tertiary/aromatic N) is 4. The van der Waals surface area contributed by atoms with Crippen LogP contribution < -0.4 is 5.73 Å². The van der Waals surface area contributed by atoms with Crippen molar-refractivity contribution in [1.82, 2.24) is 0 Å². The van der Waals surface area contributed by atoms with Crippen LogP contribution in [0.15, 0.2) is 40.7 Å². The highest BCUT2D eigenvalue weighted by Crippen LogP contribution is 2.11. The lowest BCUT2D eigenvalue weighted by Crippen LogP contribution is -1.97. The van der Waals surface area contributed by atoms with Gasteiger partial charge in [0.15, 0.2) is 5.70 Å². The summed E-state index contributed by atoms with van der Waals surface area (Å²) in [7, 11) is 0. The Kier molecular flexibility index (Phi) is 4.13. The van der Waals surface area contributed by atoms with Gasteiger partial charge in [-0.1, -0.05) is 0 Å². The number of nitro benzene ring substituents is 1. The molecular weight excluding hydrogens is 234 g/mol. The minimum atomic E-state index is -0.519. The molecular formula is C11H7N5O2. The van der Waals surface area contributed by atoms with E-state index < -0.39 is 4.92 Å². The smallest absolute Gasteiger partial charge is 0.269 e. The summed E-state index contributed by atoms with van der Waals surface area (Å²) in [6.45, 7) is 0. The molecule has 2 N–H and O–H groups in total. The van der Waals surface area contributed by atoms with Crippen molar-refractivity contribution in [3.63, 3.8) is 0 Å². The Balaban J connectivity index is 2.96. The normalized spacial score (nSPS) is 11.4. The Hall–Kier alpha value is -3.19. The topological polar surface area (TPSA) is 129 Å². The number of hydrogen-bond donors (Lipinski definition) is 1. The second-order valence-corrected chi connectivity index (χ2v) is 3.09. The Labute approximate surface area is 102 Å². The molecule has 0 unspecified atom stereocenters. The summed E-state index contributed by atoms with van der Waals surface area (Å²) in [6.07, 6.45) is 1.30. The summed E-state index contributed by atoms with van der Waals surface area (Å²) in [5, 5.41) is 27.6. The zero-order valence-electron chi connectivity index (χ0n) is 9.07. The van der Waals surface area contributed by atoms with Crippen LogP contribution in [0.2, 0.25) is 0 Å². The fourth-order valence-corrected chi connectivity index (χ4v) is 1.03. The van der Waals surface area contributed by atoms with E-state index in [2.05, 4.69) is 4.99 Å². The first kappa shape index (κ1) is 12.9. The summed E-state index contributed by atoms with van der Waals surface area (Å²) < 4.78 is 0. The number of hydrogen-bond acceptors (Lipinski definition) is 6. The van der Waals surface area contributed by atoms with Gasteiger partial charge in [0, 0.05) is 18.3 Å². The number of nitriles is 2. The van der Waals surface area contributed by atoms with Gasteiger partial charge >= 0.3 is 0 Å². The van der Waals surface area contributed by atoms with Gasteiger partial charge < -0.3 is 5.73 Å². The van der Waals surface area contributed by atoms with E-state index in [9.17, 15) is 10.1 Å². The SMILES string of the molecule is N#CC(N)=C(C#N)N=Cc1ccc([N+](=O)[O-])cc1. The average Bonchev–Trinajstić information content (AvgIpc) is 2.39. The number of non-ortho nitro benzene ring substituents is 1. The number of nitro groups is 1. The third-order valence-electron chi connectivity index (χ3n) is 1.93. The summed E-state index contributed by atoms with van der Waals surface area (Å²) in [5.74, 6) is 0. The second-order valence-electron chi connectivity index (χ2n) is 3.09. The third-order valence-corrected chi connectivity index (χ3v) is 1.93. The molecule has 0 aromatic heterocycles. The lowest BCUT2D eigenvalue weighted by Gasteiger charge is -1.93. The predicted molar refractivity (Wildman–Crippen MR) is 63.1 cm³/mol. The minimum Gasteiger partial charge on any atom is -0.388 e. The van der Waals surface area contributed by atoms with Crippen LogP contribution >= 0.6 is 0 Å². The van der Waals surface area contributed by atoms with Crippen molar-refractivity contribution in [3.05, 3.63) is 51.3 Å². The molecule has 7 nitrogen and oxygen atoms in total. The van der Waals surface area contributed by atoms with Gasteiger partial charge in [-0.3, -0.25) is 10.1 Å². The van der Waals surface area contributed by atoms with Crippen LogP contribution in [0.1, 0.15) is 5.56 Å². The highest BCUT2D eigenvalue weighted by atomic mass is 16.6. The van der Waals surface area contributed by atoms with Crippen molar-refractivity contribution < 1.29 is 4.92 Å². The van der Waals surface area contributed by atoms with Gasteiger partial charge in [-0.2, -0.15) is 10.5 Å². The lowest BCUT2D eigenvalue weighted by atomic mass is 10.2. The van der Waals surface area contributed by atoms with Crippen molar-refractivity contribution >= 4 is 11.9 Å². The van der Waals surface area contributed by atoms with Crippen LogP contribution in [-0.4, -0.2) is 11.1 Å². The first-order chi connectivity index (χ1) is 8.58. The zero-order valence-corrected chi connectivity index (χ0v) is 9.07. The molecule has 18 heavy (non-hydrogen) atoms. The van der Waals surface area contributed by atoms with E-state index in [0.29, 0.717) is 5.56 Å². The van der Waals surface area contributed by atoms with E-state index in [-0.39, 0.29) is 17.1 Å². The Morgan fingerprint density at radius 2 is 1.94 bits per heavy atom. The van der Waals surface area contributed by atoms with Crippen LogP contribution in [0.5, 0.6) is 0 Å². The average molecular weight is 241 g/mol. The Morgan fingerprint density at radius 1 is 1.33 bits per heavy atom. The predicted octanol–water partition coefficient (Wildman–Crippen LogP) is 1.23. The molecule has 0 aliphatic rings. The van der Waals surface area contributed by atoms with E-state index in [4.69, 9.17) is 16.3 Å². The molecule has 0 aliphatic carbocycles. The van der Waals surface area contributed by atoms with Crippen LogP contribution in [0, 0.1) is 32.8 Å². The fourth-order valence-electron chi connectivity index (χ4n) is 1.03. The second kappa shape index (κ2) is 5.77. The highest BCUT2D eigenvalue weighted by Gasteiger charge is 2.03. The molecule has 0 heterocycles. The van der Waals surface area contributed by atoms with E-state index in [0.717, 1.165) is 0 Å². The maximum absolute atomic E-state index is 10.4. The first-order valence-corrected chi connectivity index (χ1v) is 4.67. The Morgan fingerprint density at radius 3 is 2.39 bits per heavy atom. The van der Waals surface area contributed by atoms with E-state index in [1.165, 1.54) is 30.5 Å². The molecule has 0 radical (unpaired) electrons. The minimum absolute atomic E-state index is 0.0419. The molecule has 0 atom stereocenters. The maximum Gasteiger partial charge on any atom is 0.269 e. The van der Waals surface area contributed by atoms with Crippen molar-refractivity contribution in [1.29, 1.82) is 10.5 Å². The number of nitrogens with two attached hydrogens (primary N) is 1. The monoisotopic (exact) mass is 241 g/mol. The van der Waals surface area contributed by atoms with Gasteiger partial charge in [0.25, 0.3) is 5.69 Å². The van der Waals surface area contributed by atoms with E-state index in [1.807, 2.05) is 0 Å². The van der Waals surface area contributed by atoms with Gasteiger partial charge in [0.2, 0.25) is 0 Å². The van der Waals surface area contributed by atoms with Crippen molar-refractivity contribution in [2.75, 3.05) is 0 Å². The molecule has 0 fully saturated rings. The highest BCUT2D eigenvalue weighted by molar-refractivity contribution is 5.81. The summed E-state index contributed by atoms with van der Waals surface area (Å²) in [4.78, 5) is 13.6. The summed E-state index contributed by atoms with van der Waals surface area (Å²) in [6, 6.07) is 8.85. The summed E-state index contributed by atoms with van der Waals surface area (Å²) in [5.41, 5.74) is 5.28. The molecule has 88 valence electrons. The standard InChI is InChI=1S/C11H7N5O2/c12-5-10(14)11(6-13)15-7-8-1-3-9(4-2-8)16(17)18/h1-4,7H,14H2. The molecule has 0 amide bonds. The van der Waals surface area contributed by atoms with Gasteiger partial charge in [0.05, 0.1) is 4.92 Å². The fraction of sp³-hybridized carbons (Fsp3) is 0. The van der Waals surface area contributed by atoms with Crippen molar-refractivity contribution in [3.8, 4) is 12.1 Å². The van der Waals surface area contributed by atoms with Crippen LogP contribution in [0.4, 0.5) is 5.69 Å². The Bertz CT molecular complexity index is 602. The van der Waals surface area contributed by atoms with Gasteiger partial charge in [-0.25, -0.2) is 4.99 Å². The quantitative estimate of drug-likeness (QED) is 0.368. The first-order valence-electron chi connectivity index (χ1n) is 4.67. The maximum atomic E-state index is 10.4. The number of aliphatic imine (C=N–C) groups is 1. The van der Waals surface area contributed by atoms with E-state index >= 15 is 0 Å². The van der Waals surface area contributed by atoms with Crippen molar-refractivity contribution in [2.24, 2.45) is 10.7 Å². The summed E-state index contributed by atoms with van der Waals surface area (Å²) >= 11 is 0. The third kappa shape index (κ3) is 3.15. The van der Waals surface area contributed by atoms with Gasteiger partial charge in [-0.05, 0) is 17.7 Å². The molecule has 0 aliphatic heterocycles. The molecule has 0 spiro atoms. The molecule has 0 bridgehead atoms. The number of benzene rings is 1. The van der Waals surface area contributed by atoms with Crippen LogP contribution in [-0.2, 0) is 0 Å². The van der Waals surface area contributed by atoms with Gasteiger partial charge in [0.1, 0.15) is 17.8 Å². The largest absolute Gasteiger partial charge is 0.388 e. The lowest BCUT2D eigenvalue weighted by molar-refractivity contribution is -0.384. The molecule has 1 aromatic carbocycles. The molecule has 1 rings (SSSR count). The molecule has 0 saturated heterocycles. The van der Waals surface area contributed by atoms with Gasteiger partial charge in [-0.15, -0.1) is 0 Å². The number of allylic oxidation sites excluding steroid dienone is 2. The molecule has 7 heteroatoms. The molecule has 0 saturated carbocycles. The number of rotatable bonds is 3. The van der Waals surface area contributed by atoms with Crippen molar-refractivity contribution in [2.45, 2.75) is 0 Å². The zero-order chi connectivity index (χ0) is 13.5. The van der Waals surface area contributed by atoms with Crippen LogP contribution in [0.3, 0.4) is 0 Å². The van der Waals surface area contributed by atoms with E-state index in [1.54, 1.807) is 12.1 Å². The van der Waals surface area contributed by atoms with Crippen LogP contribution in [0.25, 0.3) is 0 Å². The molecule has 1 aromatic rings.